The lowest BCUT2D eigenvalue weighted by Gasteiger charge is -2.11. The zero-order chi connectivity index (χ0) is 15.6. The van der Waals surface area contributed by atoms with Gasteiger partial charge in [0, 0.05) is 10.0 Å². The van der Waals surface area contributed by atoms with Gasteiger partial charge in [0.05, 0.1) is 16.3 Å². The summed E-state index contributed by atoms with van der Waals surface area (Å²) < 4.78 is 38.4. The Balaban J connectivity index is 2.20. The lowest BCUT2D eigenvalue weighted by atomic mass is 10.1. The zero-order valence-electron chi connectivity index (χ0n) is 10.3. The number of anilines is 1. The minimum absolute atomic E-state index is 0.123. The maximum absolute atomic E-state index is 12.5. The van der Waals surface area contributed by atoms with Crippen molar-refractivity contribution in [1.82, 2.24) is 0 Å². The standard InChI is InChI=1S/C14H8BrClF3NO/c15-10-4-1-8(2-5-10)13(21)20-12-6-3-9(7-11(12)16)14(17,18)19/h1-7H,(H,20,21). The van der Waals surface area contributed by atoms with Gasteiger partial charge in [0.2, 0.25) is 0 Å². The molecule has 2 rings (SSSR count). The van der Waals surface area contributed by atoms with Gasteiger partial charge >= 0.3 is 6.18 Å². The average Bonchev–Trinajstić information content (AvgIpc) is 2.40. The monoisotopic (exact) mass is 377 g/mol. The predicted octanol–water partition coefficient (Wildman–Crippen LogP) is 5.37. The summed E-state index contributed by atoms with van der Waals surface area (Å²) in [5.74, 6) is -0.454. The fourth-order valence-corrected chi connectivity index (χ4v) is 2.08. The Labute approximate surface area is 132 Å². The van der Waals surface area contributed by atoms with E-state index in [9.17, 15) is 18.0 Å². The van der Waals surface area contributed by atoms with Crippen LogP contribution in [0.1, 0.15) is 15.9 Å². The SMILES string of the molecule is O=C(Nc1ccc(C(F)(F)F)cc1Cl)c1ccc(Br)cc1. The number of hydrogen-bond acceptors (Lipinski definition) is 1. The lowest BCUT2D eigenvalue weighted by Crippen LogP contribution is -2.12. The van der Waals surface area contributed by atoms with E-state index in [1.807, 2.05) is 0 Å². The van der Waals surface area contributed by atoms with Gasteiger partial charge in [0.1, 0.15) is 0 Å². The van der Waals surface area contributed by atoms with Crippen molar-refractivity contribution in [3.8, 4) is 0 Å². The Morgan fingerprint density at radius 1 is 1.10 bits per heavy atom. The molecule has 2 aromatic rings. The van der Waals surface area contributed by atoms with Crippen molar-refractivity contribution < 1.29 is 18.0 Å². The first-order valence-electron chi connectivity index (χ1n) is 5.71. The number of hydrogen-bond donors (Lipinski definition) is 1. The Kier molecular flexibility index (Phi) is 4.58. The Bertz CT molecular complexity index is 671. The summed E-state index contributed by atoms with van der Waals surface area (Å²) in [6.07, 6.45) is -4.47. The molecule has 0 fully saturated rings. The van der Waals surface area contributed by atoms with Gasteiger partial charge < -0.3 is 5.32 Å². The highest BCUT2D eigenvalue weighted by Gasteiger charge is 2.31. The van der Waals surface area contributed by atoms with Crippen LogP contribution < -0.4 is 5.32 Å². The molecule has 2 aromatic carbocycles. The predicted molar refractivity (Wildman–Crippen MR) is 78.5 cm³/mol. The highest BCUT2D eigenvalue weighted by molar-refractivity contribution is 9.10. The fraction of sp³-hybridized carbons (Fsp3) is 0.0714. The van der Waals surface area contributed by atoms with Crippen molar-refractivity contribution in [1.29, 1.82) is 0 Å². The lowest BCUT2D eigenvalue weighted by molar-refractivity contribution is -0.137. The summed E-state index contributed by atoms with van der Waals surface area (Å²) in [5.41, 5.74) is -0.374. The first-order chi connectivity index (χ1) is 9.77. The molecule has 0 saturated heterocycles. The van der Waals surface area contributed by atoms with E-state index in [2.05, 4.69) is 21.2 Å². The summed E-state index contributed by atoms with van der Waals surface area (Å²) in [5, 5.41) is 2.30. The van der Waals surface area contributed by atoms with Gasteiger partial charge in [-0.25, -0.2) is 0 Å². The molecule has 0 unspecified atom stereocenters. The molecule has 1 amide bonds. The van der Waals surface area contributed by atoms with Crippen molar-refractivity contribution in [3.05, 3.63) is 63.1 Å². The molecule has 0 aliphatic rings. The van der Waals surface area contributed by atoms with Crippen molar-refractivity contribution >= 4 is 39.1 Å². The second-order valence-electron chi connectivity index (χ2n) is 4.15. The van der Waals surface area contributed by atoms with E-state index in [0.29, 0.717) is 5.56 Å². The zero-order valence-corrected chi connectivity index (χ0v) is 12.7. The van der Waals surface area contributed by atoms with E-state index in [0.717, 1.165) is 22.7 Å². The second-order valence-corrected chi connectivity index (χ2v) is 5.48. The van der Waals surface area contributed by atoms with E-state index in [4.69, 9.17) is 11.6 Å². The largest absolute Gasteiger partial charge is 0.416 e. The van der Waals surface area contributed by atoms with Gasteiger partial charge in [-0.3, -0.25) is 4.79 Å². The molecule has 1 N–H and O–H groups in total. The first-order valence-corrected chi connectivity index (χ1v) is 6.88. The summed E-state index contributed by atoms with van der Waals surface area (Å²) in [6.45, 7) is 0. The van der Waals surface area contributed by atoms with Crippen molar-refractivity contribution in [2.45, 2.75) is 6.18 Å². The number of halogens is 5. The van der Waals surface area contributed by atoms with E-state index in [-0.39, 0.29) is 10.7 Å². The molecule has 0 atom stereocenters. The fourth-order valence-electron chi connectivity index (χ4n) is 1.59. The third kappa shape index (κ3) is 3.98. The van der Waals surface area contributed by atoms with E-state index < -0.39 is 17.6 Å². The summed E-state index contributed by atoms with van der Waals surface area (Å²) in [7, 11) is 0. The Morgan fingerprint density at radius 3 is 2.24 bits per heavy atom. The molecule has 0 aliphatic heterocycles. The molecule has 0 spiro atoms. The molecule has 0 aromatic heterocycles. The van der Waals surface area contributed by atoms with Crippen LogP contribution in [0.15, 0.2) is 46.9 Å². The summed E-state index contributed by atoms with van der Waals surface area (Å²) in [4.78, 5) is 12.0. The Hall–Kier alpha value is -1.53. The number of benzene rings is 2. The molecule has 0 heterocycles. The van der Waals surface area contributed by atoms with Crippen molar-refractivity contribution in [3.63, 3.8) is 0 Å². The smallest absolute Gasteiger partial charge is 0.321 e. The number of alkyl halides is 3. The molecular formula is C14H8BrClF3NO. The van der Waals surface area contributed by atoms with Crippen LogP contribution in [0.5, 0.6) is 0 Å². The van der Waals surface area contributed by atoms with Crippen LogP contribution in [0.3, 0.4) is 0 Å². The number of nitrogens with one attached hydrogen (secondary N) is 1. The minimum atomic E-state index is -4.47. The van der Waals surface area contributed by atoms with Crippen LogP contribution in [0, 0.1) is 0 Å². The maximum atomic E-state index is 12.5. The molecule has 0 bridgehead atoms. The second kappa shape index (κ2) is 6.07. The number of rotatable bonds is 2. The number of amides is 1. The highest BCUT2D eigenvalue weighted by atomic mass is 79.9. The van der Waals surface area contributed by atoms with E-state index in [1.54, 1.807) is 24.3 Å². The molecular weight excluding hydrogens is 371 g/mol. The van der Waals surface area contributed by atoms with Crippen LogP contribution in [0.25, 0.3) is 0 Å². The average molecular weight is 379 g/mol. The maximum Gasteiger partial charge on any atom is 0.416 e. The van der Waals surface area contributed by atoms with Gasteiger partial charge in [0.25, 0.3) is 5.91 Å². The summed E-state index contributed by atoms with van der Waals surface area (Å²) in [6, 6.07) is 9.30. The van der Waals surface area contributed by atoms with Crippen LogP contribution in [-0.2, 0) is 6.18 Å². The van der Waals surface area contributed by atoms with Gasteiger partial charge in [-0.1, -0.05) is 27.5 Å². The number of carbonyl (C=O) groups is 1. The van der Waals surface area contributed by atoms with Gasteiger partial charge in [-0.15, -0.1) is 0 Å². The molecule has 110 valence electrons. The first kappa shape index (κ1) is 15.9. The van der Waals surface area contributed by atoms with Crippen LogP contribution in [-0.4, -0.2) is 5.91 Å². The molecule has 0 saturated carbocycles. The molecule has 7 heteroatoms. The van der Waals surface area contributed by atoms with Gasteiger partial charge in [0.15, 0.2) is 0 Å². The third-order valence-electron chi connectivity index (χ3n) is 2.65. The normalized spacial score (nSPS) is 11.3. The topological polar surface area (TPSA) is 29.1 Å². The quantitative estimate of drug-likeness (QED) is 0.747. The summed E-state index contributed by atoms with van der Waals surface area (Å²) >= 11 is 9.01. The Morgan fingerprint density at radius 2 is 1.71 bits per heavy atom. The van der Waals surface area contributed by atoms with Crippen LogP contribution in [0.2, 0.25) is 5.02 Å². The number of carbonyl (C=O) groups excluding carboxylic acids is 1. The molecule has 0 aliphatic carbocycles. The molecule has 0 radical (unpaired) electrons. The van der Waals surface area contributed by atoms with Crippen LogP contribution in [0.4, 0.5) is 18.9 Å². The van der Waals surface area contributed by atoms with Gasteiger partial charge in [-0.05, 0) is 42.5 Å². The third-order valence-corrected chi connectivity index (χ3v) is 3.49. The van der Waals surface area contributed by atoms with Crippen LogP contribution >= 0.6 is 27.5 Å². The van der Waals surface area contributed by atoms with Gasteiger partial charge in [-0.2, -0.15) is 13.2 Å². The highest BCUT2D eigenvalue weighted by Crippen LogP contribution is 2.33. The molecule has 2 nitrogen and oxygen atoms in total. The minimum Gasteiger partial charge on any atom is -0.321 e. The van der Waals surface area contributed by atoms with E-state index in [1.165, 1.54) is 0 Å². The molecule has 21 heavy (non-hydrogen) atoms. The van der Waals surface area contributed by atoms with E-state index >= 15 is 0 Å². The van der Waals surface area contributed by atoms with Crippen molar-refractivity contribution in [2.75, 3.05) is 5.32 Å². The van der Waals surface area contributed by atoms with Crippen molar-refractivity contribution in [2.24, 2.45) is 0 Å².